The van der Waals surface area contributed by atoms with Gasteiger partial charge in [-0.3, -0.25) is 14.8 Å². The topological polar surface area (TPSA) is 101 Å². The first-order valence-corrected chi connectivity index (χ1v) is 5.44. The Bertz CT molecular complexity index is 522. The van der Waals surface area contributed by atoms with Gasteiger partial charge in [-0.1, -0.05) is 0 Å². The van der Waals surface area contributed by atoms with Gasteiger partial charge in [0.25, 0.3) is 10.0 Å². The Morgan fingerprint density at radius 1 is 1.27 bits per heavy atom. The summed E-state index contributed by atoms with van der Waals surface area (Å²) >= 11 is 0. The van der Waals surface area contributed by atoms with Gasteiger partial charge in [0.15, 0.2) is 5.82 Å². The van der Waals surface area contributed by atoms with Gasteiger partial charge in [0.1, 0.15) is 4.90 Å². The highest BCUT2D eigenvalue weighted by Crippen LogP contribution is 2.10. The maximum atomic E-state index is 11.6. The molecule has 2 N–H and O–H groups in total. The van der Waals surface area contributed by atoms with Crippen molar-refractivity contribution in [2.45, 2.75) is 4.90 Å². The molecule has 78 valence electrons. The number of hydrogen-bond acceptors (Lipinski definition) is 5. The summed E-state index contributed by atoms with van der Waals surface area (Å²) in [6, 6.07) is 0. The second kappa shape index (κ2) is 3.65. The van der Waals surface area contributed by atoms with Crippen LogP contribution in [0.15, 0.2) is 35.9 Å². The highest BCUT2D eigenvalue weighted by Gasteiger charge is 2.15. The predicted molar refractivity (Wildman–Crippen MR) is 51.4 cm³/mol. The molecular weight excluding hydrogens is 218 g/mol. The van der Waals surface area contributed by atoms with Crippen molar-refractivity contribution in [1.82, 2.24) is 20.2 Å². The molecule has 0 fully saturated rings. The van der Waals surface area contributed by atoms with E-state index < -0.39 is 10.0 Å². The van der Waals surface area contributed by atoms with E-state index in [1.54, 1.807) is 0 Å². The van der Waals surface area contributed by atoms with Crippen molar-refractivity contribution >= 4 is 15.8 Å². The minimum absolute atomic E-state index is 0.0492. The lowest BCUT2D eigenvalue weighted by atomic mass is 10.7. The Hall–Kier alpha value is -1.96. The third-order valence-electron chi connectivity index (χ3n) is 1.59. The van der Waals surface area contributed by atoms with Crippen molar-refractivity contribution in [3.8, 4) is 0 Å². The highest BCUT2D eigenvalue weighted by atomic mass is 32.2. The number of rotatable bonds is 3. The van der Waals surface area contributed by atoms with E-state index in [0.29, 0.717) is 0 Å². The van der Waals surface area contributed by atoms with Gasteiger partial charge in [-0.2, -0.15) is 5.10 Å². The summed E-state index contributed by atoms with van der Waals surface area (Å²) < 4.78 is 25.5. The lowest BCUT2D eigenvalue weighted by molar-refractivity contribution is 0.601. The Morgan fingerprint density at radius 3 is 2.73 bits per heavy atom. The molecule has 0 aliphatic carbocycles. The van der Waals surface area contributed by atoms with Gasteiger partial charge >= 0.3 is 0 Å². The van der Waals surface area contributed by atoms with Crippen molar-refractivity contribution < 1.29 is 8.42 Å². The zero-order chi connectivity index (χ0) is 10.7. The summed E-state index contributed by atoms with van der Waals surface area (Å²) in [4.78, 5) is 7.58. The molecule has 0 saturated carbocycles. The number of nitrogens with one attached hydrogen (secondary N) is 2. The molecule has 7 nitrogen and oxygen atoms in total. The van der Waals surface area contributed by atoms with Crippen LogP contribution < -0.4 is 4.72 Å². The molecular formula is C7H7N5O2S. The van der Waals surface area contributed by atoms with E-state index in [2.05, 4.69) is 24.9 Å². The van der Waals surface area contributed by atoms with Crippen LogP contribution in [-0.4, -0.2) is 28.6 Å². The van der Waals surface area contributed by atoms with Crippen molar-refractivity contribution in [2.24, 2.45) is 0 Å². The van der Waals surface area contributed by atoms with Crippen molar-refractivity contribution in [3.05, 3.63) is 31.0 Å². The lowest BCUT2D eigenvalue weighted by Crippen LogP contribution is -2.13. The average Bonchev–Trinajstić information content (AvgIpc) is 2.71. The van der Waals surface area contributed by atoms with Gasteiger partial charge in [0, 0.05) is 18.6 Å². The molecule has 0 spiro atoms. The van der Waals surface area contributed by atoms with E-state index in [1.165, 1.54) is 31.0 Å². The third kappa shape index (κ3) is 2.10. The molecule has 2 aromatic heterocycles. The monoisotopic (exact) mass is 225 g/mol. The summed E-state index contributed by atoms with van der Waals surface area (Å²) in [5.41, 5.74) is 0. The van der Waals surface area contributed by atoms with Crippen LogP contribution >= 0.6 is 0 Å². The van der Waals surface area contributed by atoms with E-state index in [0.717, 1.165) is 0 Å². The van der Waals surface area contributed by atoms with Gasteiger partial charge in [-0.15, -0.1) is 0 Å². The fourth-order valence-corrected chi connectivity index (χ4v) is 1.83. The second-order valence-corrected chi connectivity index (χ2v) is 4.31. The number of aromatic amines is 1. The maximum Gasteiger partial charge on any atom is 0.266 e. The smallest absolute Gasteiger partial charge is 0.266 e. The zero-order valence-electron chi connectivity index (χ0n) is 7.45. The zero-order valence-corrected chi connectivity index (χ0v) is 8.27. The summed E-state index contributed by atoms with van der Waals surface area (Å²) in [5.74, 6) is 0.165. The number of hydrogen-bond donors (Lipinski definition) is 2. The molecule has 0 amide bonds. The molecule has 15 heavy (non-hydrogen) atoms. The van der Waals surface area contributed by atoms with Crippen LogP contribution in [0, 0.1) is 0 Å². The molecule has 0 bridgehead atoms. The van der Waals surface area contributed by atoms with Crippen LogP contribution in [0.4, 0.5) is 5.82 Å². The first kappa shape index (κ1) is 9.59. The Kier molecular flexibility index (Phi) is 2.34. The number of sulfonamides is 1. The van der Waals surface area contributed by atoms with Crippen molar-refractivity contribution in [2.75, 3.05) is 4.72 Å². The van der Waals surface area contributed by atoms with Crippen LogP contribution in [0.25, 0.3) is 0 Å². The molecule has 0 atom stereocenters. The number of nitrogens with zero attached hydrogens (tertiary/aromatic N) is 3. The fraction of sp³-hybridized carbons (Fsp3) is 0. The van der Waals surface area contributed by atoms with E-state index in [9.17, 15) is 8.42 Å². The molecule has 0 aliphatic heterocycles. The van der Waals surface area contributed by atoms with Gasteiger partial charge in [-0.05, 0) is 0 Å². The van der Waals surface area contributed by atoms with Crippen LogP contribution in [-0.2, 0) is 10.0 Å². The van der Waals surface area contributed by atoms with Gasteiger partial charge in [0.05, 0.1) is 12.4 Å². The molecule has 2 heterocycles. The molecule has 0 unspecified atom stereocenters. The fourth-order valence-electron chi connectivity index (χ4n) is 0.934. The van der Waals surface area contributed by atoms with Crippen LogP contribution in [0.3, 0.4) is 0 Å². The third-order valence-corrected chi connectivity index (χ3v) is 2.91. The molecule has 8 heteroatoms. The van der Waals surface area contributed by atoms with E-state index in [-0.39, 0.29) is 10.7 Å². The van der Waals surface area contributed by atoms with Crippen molar-refractivity contribution in [1.29, 1.82) is 0 Å². The van der Waals surface area contributed by atoms with Gasteiger partial charge in [-0.25, -0.2) is 13.4 Å². The molecule has 0 aromatic carbocycles. The Balaban J connectivity index is 2.27. The molecule has 0 saturated heterocycles. The second-order valence-electron chi connectivity index (χ2n) is 2.63. The number of anilines is 1. The largest absolute Gasteiger partial charge is 0.284 e. The minimum atomic E-state index is -3.62. The maximum absolute atomic E-state index is 11.6. The summed E-state index contributed by atoms with van der Waals surface area (Å²) in [7, 11) is -3.62. The van der Waals surface area contributed by atoms with E-state index >= 15 is 0 Å². The molecule has 0 aliphatic rings. The van der Waals surface area contributed by atoms with Crippen molar-refractivity contribution in [3.63, 3.8) is 0 Å². The Morgan fingerprint density at radius 2 is 2.13 bits per heavy atom. The highest BCUT2D eigenvalue weighted by molar-refractivity contribution is 7.92. The normalized spacial score (nSPS) is 11.2. The summed E-state index contributed by atoms with van der Waals surface area (Å²) in [6.45, 7) is 0. The quantitative estimate of drug-likeness (QED) is 0.765. The van der Waals surface area contributed by atoms with Crippen LogP contribution in [0.5, 0.6) is 0 Å². The number of aromatic nitrogens is 4. The Labute approximate surface area is 85.6 Å². The first-order chi connectivity index (χ1) is 7.18. The SMILES string of the molecule is O=S(=O)(Nc1cnccn1)c1cn[nH]c1. The van der Waals surface area contributed by atoms with Gasteiger partial charge < -0.3 is 0 Å². The van der Waals surface area contributed by atoms with Crippen LogP contribution in [0.1, 0.15) is 0 Å². The minimum Gasteiger partial charge on any atom is -0.284 e. The number of H-pyrrole nitrogens is 1. The average molecular weight is 225 g/mol. The molecule has 0 radical (unpaired) electrons. The van der Waals surface area contributed by atoms with E-state index in [4.69, 9.17) is 0 Å². The molecule has 2 rings (SSSR count). The van der Waals surface area contributed by atoms with E-state index in [1.807, 2.05) is 0 Å². The predicted octanol–water partition coefficient (Wildman–Crippen LogP) is 0.000500. The lowest BCUT2D eigenvalue weighted by Gasteiger charge is -2.03. The summed E-state index contributed by atoms with van der Waals surface area (Å²) in [5, 5.41) is 5.97. The standard InChI is InChI=1S/C7H7N5O2S/c13-15(14,6-3-10-11-4-6)12-7-5-8-1-2-9-7/h1-5H,(H,9,12)(H,10,11). The molecule has 2 aromatic rings. The van der Waals surface area contributed by atoms with Gasteiger partial charge in [0.2, 0.25) is 0 Å². The first-order valence-electron chi connectivity index (χ1n) is 3.96. The van der Waals surface area contributed by atoms with Crippen LogP contribution in [0.2, 0.25) is 0 Å². The summed E-state index contributed by atoms with van der Waals surface area (Å²) in [6.07, 6.45) is 6.65.